The topological polar surface area (TPSA) is 68.3 Å². The number of likely N-dealkylation sites (tertiary alicyclic amines) is 2. The maximum atomic E-state index is 14.3. The first kappa shape index (κ1) is 25.2. The minimum Gasteiger partial charge on any atom is -0.445 e. The van der Waals surface area contributed by atoms with Gasteiger partial charge in [0.15, 0.2) is 0 Å². The summed E-state index contributed by atoms with van der Waals surface area (Å²) in [6, 6.07) is 9.51. The van der Waals surface area contributed by atoms with Crippen molar-refractivity contribution in [1.29, 1.82) is 0 Å². The number of ether oxygens (including phenoxy) is 3. The van der Waals surface area contributed by atoms with E-state index in [2.05, 4.69) is 0 Å². The van der Waals surface area contributed by atoms with E-state index in [1.54, 1.807) is 25.7 Å². The summed E-state index contributed by atoms with van der Waals surface area (Å²) in [6.07, 6.45) is -0.241. The van der Waals surface area contributed by atoms with E-state index in [-0.39, 0.29) is 25.9 Å². The highest BCUT2D eigenvalue weighted by molar-refractivity contribution is 5.69. The van der Waals surface area contributed by atoms with Gasteiger partial charge >= 0.3 is 12.2 Å². The zero-order valence-electron chi connectivity index (χ0n) is 19.6. The molecule has 3 rings (SSSR count). The average molecular weight is 469 g/mol. The number of benzene rings is 1. The van der Waals surface area contributed by atoms with E-state index in [1.807, 2.05) is 30.3 Å². The second kappa shape index (κ2) is 10.7. The van der Waals surface area contributed by atoms with Crippen molar-refractivity contribution in [2.75, 3.05) is 32.8 Å². The maximum Gasteiger partial charge on any atom is 0.410 e. The number of hydrogen-bond donors (Lipinski definition) is 0. The molecule has 0 aliphatic carbocycles. The first-order valence-corrected chi connectivity index (χ1v) is 11.5. The Labute approximate surface area is 194 Å². The van der Waals surface area contributed by atoms with Crippen LogP contribution in [0.15, 0.2) is 30.3 Å². The Bertz CT molecular complexity index is 792. The van der Waals surface area contributed by atoms with Gasteiger partial charge in [-0.2, -0.15) is 0 Å². The smallest absolute Gasteiger partial charge is 0.410 e. The second-order valence-corrected chi connectivity index (χ2v) is 9.74. The van der Waals surface area contributed by atoms with E-state index in [1.165, 1.54) is 0 Å². The van der Waals surface area contributed by atoms with Crippen molar-refractivity contribution >= 4 is 12.2 Å². The molecule has 0 aromatic heterocycles. The number of carbonyl (C=O) groups is 2. The molecule has 2 aliphatic rings. The van der Waals surface area contributed by atoms with Gasteiger partial charge in [-0.1, -0.05) is 30.3 Å². The van der Waals surface area contributed by atoms with E-state index in [0.29, 0.717) is 25.4 Å². The Hall–Kier alpha value is -2.42. The molecule has 0 N–H and O–H groups in total. The van der Waals surface area contributed by atoms with Gasteiger partial charge in [0.25, 0.3) is 5.92 Å². The van der Waals surface area contributed by atoms with Crippen molar-refractivity contribution in [3.63, 3.8) is 0 Å². The lowest BCUT2D eigenvalue weighted by Gasteiger charge is -2.31. The van der Waals surface area contributed by atoms with Crippen LogP contribution in [-0.4, -0.2) is 72.4 Å². The van der Waals surface area contributed by atoms with Crippen LogP contribution in [0.2, 0.25) is 0 Å². The molecule has 184 valence electrons. The maximum absolute atomic E-state index is 14.3. The summed E-state index contributed by atoms with van der Waals surface area (Å²) in [6.45, 7) is 5.78. The van der Waals surface area contributed by atoms with Crippen LogP contribution >= 0.6 is 0 Å². The van der Waals surface area contributed by atoms with Gasteiger partial charge in [-0.25, -0.2) is 18.4 Å². The first-order valence-electron chi connectivity index (χ1n) is 11.5. The number of alkyl halides is 2. The number of halogens is 2. The summed E-state index contributed by atoms with van der Waals surface area (Å²) in [7, 11) is 0. The molecule has 2 fully saturated rings. The first-order chi connectivity index (χ1) is 15.5. The second-order valence-electron chi connectivity index (χ2n) is 9.74. The standard InChI is InChI=1S/C24H34F2N2O5/c1-23(2,3)33-22(30)28-15-20(24(25,26)17-28)31-14-11-18-9-12-27(13-10-18)21(29)32-16-19-7-5-4-6-8-19/h4-8,18,20H,9-17H2,1-3H3. The fourth-order valence-corrected chi connectivity index (χ4v) is 3.99. The molecule has 2 saturated heterocycles. The predicted molar refractivity (Wildman–Crippen MR) is 118 cm³/mol. The monoisotopic (exact) mass is 468 g/mol. The van der Waals surface area contributed by atoms with Crippen molar-refractivity contribution < 1.29 is 32.6 Å². The van der Waals surface area contributed by atoms with E-state index < -0.39 is 30.3 Å². The Morgan fingerprint density at radius 2 is 1.73 bits per heavy atom. The van der Waals surface area contributed by atoms with Crippen molar-refractivity contribution in [2.24, 2.45) is 5.92 Å². The lowest BCUT2D eigenvalue weighted by Crippen LogP contribution is -2.39. The molecule has 0 spiro atoms. The fourth-order valence-electron chi connectivity index (χ4n) is 3.99. The highest BCUT2D eigenvalue weighted by atomic mass is 19.3. The molecular formula is C24H34F2N2O5. The van der Waals surface area contributed by atoms with Crippen LogP contribution in [0.4, 0.5) is 18.4 Å². The summed E-state index contributed by atoms with van der Waals surface area (Å²) < 4.78 is 44.7. The van der Waals surface area contributed by atoms with Gasteiger partial charge in [0.2, 0.25) is 0 Å². The Morgan fingerprint density at radius 3 is 2.36 bits per heavy atom. The number of carbonyl (C=O) groups excluding carboxylic acids is 2. The normalized spacial score (nSPS) is 21.2. The van der Waals surface area contributed by atoms with Gasteiger partial charge in [0, 0.05) is 19.7 Å². The zero-order chi connectivity index (χ0) is 24.1. The van der Waals surface area contributed by atoms with Crippen molar-refractivity contribution in [2.45, 2.75) is 64.3 Å². The Kier molecular flexibility index (Phi) is 8.15. The summed E-state index contributed by atoms with van der Waals surface area (Å²) in [5.41, 5.74) is 0.195. The van der Waals surface area contributed by atoms with Crippen LogP contribution in [0.25, 0.3) is 0 Å². The molecule has 1 unspecified atom stereocenters. The summed E-state index contributed by atoms with van der Waals surface area (Å²) >= 11 is 0. The molecular weight excluding hydrogens is 434 g/mol. The third kappa shape index (κ3) is 7.55. The minimum absolute atomic E-state index is 0.186. The SMILES string of the molecule is CC(C)(C)OC(=O)N1CC(OCCC2CCN(C(=O)OCc3ccccc3)CC2)C(F)(F)C1. The third-order valence-electron chi connectivity index (χ3n) is 5.83. The van der Waals surface area contributed by atoms with Gasteiger partial charge in [-0.15, -0.1) is 0 Å². The largest absolute Gasteiger partial charge is 0.445 e. The number of piperidine rings is 1. The summed E-state index contributed by atoms with van der Waals surface area (Å²) in [4.78, 5) is 27.1. The fraction of sp³-hybridized carbons (Fsp3) is 0.667. The average Bonchev–Trinajstić information content (AvgIpc) is 3.06. The summed E-state index contributed by atoms with van der Waals surface area (Å²) in [5.74, 6) is -2.82. The van der Waals surface area contributed by atoms with E-state index >= 15 is 0 Å². The molecule has 7 nitrogen and oxygen atoms in total. The predicted octanol–water partition coefficient (Wildman–Crippen LogP) is 4.70. The third-order valence-corrected chi connectivity index (χ3v) is 5.83. The number of hydrogen-bond acceptors (Lipinski definition) is 5. The van der Waals surface area contributed by atoms with Crippen LogP contribution in [0.1, 0.15) is 45.6 Å². The number of nitrogens with zero attached hydrogens (tertiary/aromatic N) is 2. The van der Waals surface area contributed by atoms with Crippen molar-refractivity contribution in [1.82, 2.24) is 9.80 Å². The number of amides is 2. The van der Waals surface area contributed by atoms with Crippen molar-refractivity contribution in [3.05, 3.63) is 35.9 Å². The molecule has 33 heavy (non-hydrogen) atoms. The van der Waals surface area contributed by atoms with Gasteiger partial charge < -0.3 is 19.1 Å². The molecule has 1 aromatic rings. The van der Waals surface area contributed by atoms with E-state index in [0.717, 1.165) is 23.3 Å². The van der Waals surface area contributed by atoms with Gasteiger partial charge in [-0.3, -0.25) is 4.90 Å². The molecule has 1 aromatic carbocycles. The zero-order valence-corrected chi connectivity index (χ0v) is 19.6. The van der Waals surface area contributed by atoms with Crippen molar-refractivity contribution in [3.8, 4) is 0 Å². The highest BCUT2D eigenvalue weighted by Crippen LogP contribution is 2.32. The molecule has 0 saturated carbocycles. The lowest BCUT2D eigenvalue weighted by atomic mass is 9.94. The van der Waals surface area contributed by atoms with Crippen LogP contribution in [0.5, 0.6) is 0 Å². The quantitative estimate of drug-likeness (QED) is 0.606. The lowest BCUT2D eigenvalue weighted by molar-refractivity contribution is -0.107. The molecule has 2 amide bonds. The van der Waals surface area contributed by atoms with E-state index in [9.17, 15) is 18.4 Å². The van der Waals surface area contributed by atoms with Crippen LogP contribution in [0.3, 0.4) is 0 Å². The molecule has 1 atom stereocenters. The van der Waals surface area contributed by atoms with Gasteiger partial charge in [0.1, 0.15) is 18.3 Å². The van der Waals surface area contributed by atoms with Crippen LogP contribution in [0, 0.1) is 5.92 Å². The Balaban J connectivity index is 1.35. The summed E-state index contributed by atoms with van der Waals surface area (Å²) in [5, 5.41) is 0. The van der Waals surface area contributed by atoms with Gasteiger partial charge in [0.05, 0.1) is 13.1 Å². The molecule has 0 bridgehead atoms. The highest BCUT2D eigenvalue weighted by Gasteiger charge is 2.51. The number of rotatable bonds is 6. The van der Waals surface area contributed by atoms with Gasteiger partial charge in [-0.05, 0) is 51.5 Å². The Morgan fingerprint density at radius 1 is 1.06 bits per heavy atom. The molecule has 9 heteroatoms. The molecule has 2 aliphatic heterocycles. The minimum atomic E-state index is -3.11. The van der Waals surface area contributed by atoms with Crippen LogP contribution in [-0.2, 0) is 20.8 Å². The molecule has 2 heterocycles. The molecule has 0 radical (unpaired) electrons. The van der Waals surface area contributed by atoms with Crippen LogP contribution < -0.4 is 0 Å². The van der Waals surface area contributed by atoms with E-state index in [4.69, 9.17) is 14.2 Å².